The van der Waals surface area contributed by atoms with Crippen molar-refractivity contribution in [3.05, 3.63) is 48.7 Å². The lowest BCUT2D eigenvalue weighted by molar-refractivity contribution is -0.141. The van der Waals surface area contributed by atoms with E-state index < -0.39 is 74.8 Å². The third kappa shape index (κ3) is 7.43. The number of ether oxygens (including phenoxy) is 2. The van der Waals surface area contributed by atoms with E-state index in [0.717, 1.165) is 23.6 Å². The molecule has 2 saturated carbocycles. The second-order valence-corrected chi connectivity index (χ2v) is 15.4. The zero-order valence-electron chi connectivity index (χ0n) is 27.2. The van der Waals surface area contributed by atoms with Crippen molar-refractivity contribution in [3.8, 4) is 5.88 Å². The van der Waals surface area contributed by atoms with E-state index in [1.165, 1.54) is 4.90 Å². The van der Waals surface area contributed by atoms with Crippen LogP contribution in [0.5, 0.6) is 5.88 Å². The maximum atomic E-state index is 14.3. The predicted molar refractivity (Wildman–Crippen MR) is 176 cm³/mol. The fraction of sp³-hybridized carbons (Fsp3) is 0.559. The highest BCUT2D eigenvalue weighted by molar-refractivity contribution is 7.91. The van der Waals surface area contributed by atoms with Crippen LogP contribution in [0.1, 0.15) is 71.6 Å². The Kier molecular flexibility index (Phi) is 9.64. The second-order valence-electron chi connectivity index (χ2n) is 13.5. The smallest absolute Gasteiger partial charge is 0.408 e. The molecular formula is C34H43N5O8S. The van der Waals surface area contributed by atoms with Gasteiger partial charge in [-0.2, -0.15) is 0 Å². The average molecular weight is 682 g/mol. The van der Waals surface area contributed by atoms with E-state index in [9.17, 15) is 27.6 Å². The number of benzene rings is 1. The summed E-state index contributed by atoms with van der Waals surface area (Å²) in [4.78, 5) is 60.5. The Bertz CT molecular complexity index is 1700. The summed E-state index contributed by atoms with van der Waals surface area (Å²) in [6.45, 7) is 3.45. The van der Waals surface area contributed by atoms with Crippen molar-refractivity contribution in [2.75, 3.05) is 6.54 Å². The number of allylic oxidation sites excluding steroid dienone is 1. The molecule has 48 heavy (non-hydrogen) atoms. The highest BCUT2D eigenvalue weighted by Crippen LogP contribution is 2.46. The lowest BCUT2D eigenvalue weighted by Crippen LogP contribution is -2.58. The number of rotatable bonds is 7. The Balaban J connectivity index is 1.30. The molecule has 13 nitrogen and oxygen atoms in total. The zero-order valence-corrected chi connectivity index (χ0v) is 28.0. The molecule has 5 atom stereocenters. The molecule has 2 aliphatic carbocycles. The van der Waals surface area contributed by atoms with Gasteiger partial charge in [-0.3, -0.25) is 19.1 Å². The summed E-state index contributed by atoms with van der Waals surface area (Å²) < 4.78 is 39.3. The number of sulfonamides is 1. The summed E-state index contributed by atoms with van der Waals surface area (Å²) in [5.74, 6) is -1.89. The Morgan fingerprint density at radius 1 is 1.08 bits per heavy atom. The maximum Gasteiger partial charge on any atom is 0.408 e. The van der Waals surface area contributed by atoms with Gasteiger partial charge in [0.25, 0.3) is 5.91 Å². The standard InChI is InChI=1S/C34H43N5O8S/c1-21(2)46-33(43)36-27-13-7-5-3-4-6-11-23-19-34(23,32(42)38-48(44,45)25-14-15-25)37-29(40)28-18-24(20-39(28)31(27)41)47-30-26-12-9-8-10-22(26)16-17-35-30/h6,8-12,16-17,21,23-25,27-28H,3-5,7,13-15,18-20H2,1-2H3,(H,36,43)(H,37,40)(H,38,42)/b11-6-/t23-,24-,27+,28+,34-/m1/s1. The highest BCUT2D eigenvalue weighted by Gasteiger charge is 2.62. The van der Waals surface area contributed by atoms with Gasteiger partial charge in [-0.25, -0.2) is 18.2 Å². The zero-order chi connectivity index (χ0) is 34.1. The number of pyridine rings is 1. The first-order valence-corrected chi connectivity index (χ1v) is 18.3. The van der Waals surface area contributed by atoms with Crippen molar-refractivity contribution in [1.29, 1.82) is 0 Å². The van der Waals surface area contributed by atoms with Crippen LogP contribution < -0.4 is 20.1 Å². The third-order valence-electron chi connectivity index (χ3n) is 9.39. The van der Waals surface area contributed by atoms with Crippen LogP contribution in [0.3, 0.4) is 0 Å². The summed E-state index contributed by atoms with van der Waals surface area (Å²) >= 11 is 0. The van der Waals surface area contributed by atoms with Crippen LogP contribution in [0.25, 0.3) is 10.8 Å². The first kappa shape index (κ1) is 33.7. The molecule has 2 aliphatic heterocycles. The SMILES string of the molecule is CC(C)OC(=O)N[C@H]1CCCCC/C=C\[C@@H]2C[C@@]2(C(=O)NS(=O)(=O)C2CC2)NC(=O)[C@@H]2C[C@@H](Oc3nccc4ccccc34)CN2C1=O. The number of nitrogens with zero attached hydrogens (tertiary/aromatic N) is 2. The van der Waals surface area contributed by atoms with Crippen molar-refractivity contribution < 1.29 is 37.1 Å². The molecule has 0 spiro atoms. The van der Waals surface area contributed by atoms with Gasteiger partial charge in [0.2, 0.25) is 27.7 Å². The summed E-state index contributed by atoms with van der Waals surface area (Å²) in [7, 11) is -3.86. The van der Waals surface area contributed by atoms with Crippen molar-refractivity contribution >= 4 is 44.6 Å². The molecule has 0 bridgehead atoms. The highest BCUT2D eigenvalue weighted by atomic mass is 32.2. The third-order valence-corrected chi connectivity index (χ3v) is 11.2. The van der Waals surface area contributed by atoms with E-state index in [2.05, 4.69) is 20.3 Å². The summed E-state index contributed by atoms with van der Waals surface area (Å²) in [5, 5.41) is 6.65. The molecule has 6 rings (SSSR count). The minimum Gasteiger partial charge on any atom is -0.472 e. The van der Waals surface area contributed by atoms with Crippen LogP contribution in [-0.2, 0) is 29.1 Å². The number of hydrogen-bond acceptors (Lipinski definition) is 9. The number of carbonyl (C=O) groups excluding carboxylic acids is 4. The molecule has 3 fully saturated rings. The number of aromatic nitrogens is 1. The lowest BCUT2D eigenvalue weighted by Gasteiger charge is -2.29. The Morgan fingerprint density at radius 2 is 1.88 bits per heavy atom. The van der Waals surface area contributed by atoms with Gasteiger partial charge in [0.1, 0.15) is 23.7 Å². The minimum absolute atomic E-state index is 0.0256. The largest absolute Gasteiger partial charge is 0.472 e. The van der Waals surface area contributed by atoms with Crippen LogP contribution in [0.4, 0.5) is 4.79 Å². The molecule has 14 heteroatoms. The predicted octanol–water partition coefficient (Wildman–Crippen LogP) is 3.09. The molecule has 1 aromatic carbocycles. The van der Waals surface area contributed by atoms with E-state index in [0.29, 0.717) is 38.0 Å². The molecule has 1 aromatic heterocycles. The molecule has 2 aromatic rings. The van der Waals surface area contributed by atoms with Crippen molar-refractivity contribution in [2.24, 2.45) is 5.92 Å². The monoisotopic (exact) mass is 681 g/mol. The minimum atomic E-state index is -3.86. The number of amides is 4. The summed E-state index contributed by atoms with van der Waals surface area (Å²) in [6, 6.07) is 7.41. The van der Waals surface area contributed by atoms with Crippen LogP contribution in [0.15, 0.2) is 48.7 Å². The van der Waals surface area contributed by atoms with Crippen LogP contribution in [0.2, 0.25) is 0 Å². The Labute approximate surface area is 280 Å². The van der Waals surface area contributed by atoms with E-state index in [1.54, 1.807) is 20.0 Å². The van der Waals surface area contributed by atoms with Gasteiger partial charge in [0.05, 0.1) is 17.9 Å². The fourth-order valence-electron chi connectivity index (χ4n) is 6.58. The van der Waals surface area contributed by atoms with E-state index in [-0.39, 0.29) is 19.4 Å². The van der Waals surface area contributed by atoms with Gasteiger partial charge >= 0.3 is 6.09 Å². The van der Waals surface area contributed by atoms with Crippen molar-refractivity contribution in [2.45, 2.75) is 107 Å². The number of alkyl carbamates (subject to hydrolysis) is 1. The van der Waals surface area contributed by atoms with Crippen molar-refractivity contribution in [3.63, 3.8) is 0 Å². The summed E-state index contributed by atoms with van der Waals surface area (Å²) in [6.07, 6.45) is 8.24. The van der Waals surface area contributed by atoms with Gasteiger partial charge in [-0.1, -0.05) is 43.2 Å². The normalized spacial score (nSPS) is 28.7. The van der Waals surface area contributed by atoms with E-state index in [1.807, 2.05) is 42.5 Å². The van der Waals surface area contributed by atoms with E-state index in [4.69, 9.17) is 9.47 Å². The lowest BCUT2D eigenvalue weighted by atomic mass is 10.0. The molecule has 4 aliphatic rings. The number of nitrogens with one attached hydrogen (secondary N) is 3. The molecule has 4 amide bonds. The summed E-state index contributed by atoms with van der Waals surface area (Å²) in [5.41, 5.74) is -1.47. The number of carbonyl (C=O) groups is 4. The van der Waals surface area contributed by atoms with Crippen LogP contribution >= 0.6 is 0 Å². The molecule has 0 radical (unpaired) electrons. The number of fused-ring (bicyclic) bond motifs is 3. The van der Waals surface area contributed by atoms with Gasteiger partial charge in [0.15, 0.2) is 0 Å². The van der Waals surface area contributed by atoms with Crippen LogP contribution in [0, 0.1) is 5.92 Å². The Hall–Kier alpha value is -4.20. The van der Waals surface area contributed by atoms with Gasteiger partial charge in [0, 0.05) is 23.9 Å². The second kappa shape index (κ2) is 13.7. The molecule has 0 unspecified atom stereocenters. The van der Waals surface area contributed by atoms with Gasteiger partial charge in [-0.05, 0) is 69.9 Å². The van der Waals surface area contributed by atoms with E-state index >= 15 is 0 Å². The molecule has 3 heterocycles. The quantitative estimate of drug-likeness (QED) is 0.371. The average Bonchev–Trinajstić information content (AvgIpc) is 3.96. The number of hydrogen-bond donors (Lipinski definition) is 3. The molecular weight excluding hydrogens is 638 g/mol. The van der Waals surface area contributed by atoms with Crippen LogP contribution in [-0.4, -0.2) is 83.7 Å². The van der Waals surface area contributed by atoms with Gasteiger partial charge < -0.3 is 25.0 Å². The Morgan fingerprint density at radius 3 is 2.65 bits per heavy atom. The van der Waals surface area contributed by atoms with Crippen molar-refractivity contribution in [1.82, 2.24) is 25.2 Å². The van der Waals surface area contributed by atoms with Gasteiger partial charge in [-0.15, -0.1) is 0 Å². The topological polar surface area (TPSA) is 173 Å². The fourth-order valence-corrected chi connectivity index (χ4v) is 7.95. The molecule has 1 saturated heterocycles. The first-order chi connectivity index (χ1) is 23.0. The molecule has 258 valence electrons. The maximum absolute atomic E-state index is 14.3. The molecule has 3 N–H and O–H groups in total. The first-order valence-electron chi connectivity index (χ1n) is 16.8.